The normalized spacial score (nSPS) is 10.1. The van der Waals surface area contributed by atoms with Crippen molar-refractivity contribution in [2.75, 3.05) is 6.61 Å². The van der Waals surface area contributed by atoms with Gasteiger partial charge in [-0.25, -0.2) is 4.39 Å². The van der Waals surface area contributed by atoms with E-state index in [4.69, 9.17) is 10.1 Å². The van der Waals surface area contributed by atoms with Gasteiger partial charge in [-0.2, -0.15) is 0 Å². The van der Waals surface area contributed by atoms with E-state index >= 15 is 0 Å². The molecule has 2 nitrogen and oxygen atoms in total. The van der Waals surface area contributed by atoms with Crippen molar-refractivity contribution in [1.29, 1.82) is 5.41 Å². The standard InChI is InChI=1S/C14H18FNO/c1-4-10(3)9-17-11-6-7-12(13(15)8-11)14(16)5-2/h6-8,16H,3-5,9H2,1-2H3. The van der Waals surface area contributed by atoms with Crippen molar-refractivity contribution >= 4 is 5.71 Å². The van der Waals surface area contributed by atoms with Gasteiger partial charge in [-0.15, -0.1) is 0 Å². The monoisotopic (exact) mass is 235 g/mol. The third kappa shape index (κ3) is 3.70. The lowest BCUT2D eigenvalue weighted by molar-refractivity contribution is 0.347. The minimum absolute atomic E-state index is 0.298. The Hall–Kier alpha value is -1.64. The number of benzene rings is 1. The fourth-order valence-electron chi connectivity index (χ4n) is 1.31. The summed E-state index contributed by atoms with van der Waals surface area (Å²) in [6.07, 6.45) is 1.37. The minimum atomic E-state index is -0.406. The maximum atomic E-state index is 13.7. The summed E-state index contributed by atoms with van der Waals surface area (Å²) in [5.41, 5.74) is 1.61. The fraction of sp³-hybridized carbons (Fsp3) is 0.357. The molecule has 0 saturated heterocycles. The highest BCUT2D eigenvalue weighted by atomic mass is 19.1. The van der Waals surface area contributed by atoms with Gasteiger partial charge in [-0.1, -0.05) is 20.4 Å². The third-order valence-electron chi connectivity index (χ3n) is 2.56. The Kier molecular flexibility index (Phi) is 4.88. The van der Waals surface area contributed by atoms with Crippen LogP contribution in [0.3, 0.4) is 0 Å². The van der Waals surface area contributed by atoms with Crippen LogP contribution < -0.4 is 4.74 Å². The van der Waals surface area contributed by atoms with Crippen LogP contribution in [0.5, 0.6) is 5.75 Å². The van der Waals surface area contributed by atoms with Crippen LogP contribution in [0, 0.1) is 11.2 Å². The first-order valence-electron chi connectivity index (χ1n) is 5.75. The summed E-state index contributed by atoms with van der Waals surface area (Å²) in [6, 6.07) is 4.60. The van der Waals surface area contributed by atoms with E-state index in [1.807, 2.05) is 13.8 Å². The number of halogens is 1. The Balaban J connectivity index is 2.75. The number of hydrogen-bond acceptors (Lipinski definition) is 2. The summed E-state index contributed by atoms with van der Waals surface area (Å²) >= 11 is 0. The van der Waals surface area contributed by atoms with E-state index in [9.17, 15) is 4.39 Å². The zero-order valence-electron chi connectivity index (χ0n) is 10.3. The predicted octanol–water partition coefficient (Wildman–Crippen LogP) is 3.95. The zero-order chi connectivity index (χ0) is 12.8. The van der Waals surface area contributed by atoms with Crippen molar-refractivity contribution in [2.45, 2.75) is 26.7 Å². The molecule has 0 unspecified atom stereocenters. The van der Waals surface area contributed by atoms with Gasteiger partial charge in [0.25, 0.3) is 0 Å². The molecule has 0 amide bonds. The Morgan fingerprint density at radius 2 is 2.06 bits per heavy atom. The molecule has 1 rings (SSSR count). The van der Waals surface area contributed by atoms with Crippen LogP contribution in [-0.2, 0) is 0 Å². The second-order valence-electron chi connectivity index (χ2n) is 3.87. The summed E-state index contributed by atoms with van der Waals surface area (Å²) in [7, 11) is 0. The van der Waals surface area contributed by atoms with E-state index < -0.39 is 5.82 Å². The maximum Gasteiger partial charge on any atom is 0.135 e. The van der Waals surface area contributed by atoms with Crippen LogP contribution in [-0.4, -0.2) is 12.3 Å². The van der Waals surface area contributed by atoms with Crippen molar-refractivity contribution in [3.8, 4) is 5.75 Å². The van der Waals surface area contributed by atoms with E-state index in [1.54, 1.807) is 12.1 Å². The smallest absolute Gasteiger partial charge is 0.135 e. The topological polar surface area (TPSA) is 33.1 Å². The molecule has 0 radical (unpaired) electrons. The molecule has 1 aromatic carbocycles. The van der Waals surface area contributed by atoms with Crippen molar-refractivity contribution < 1.29 is 9.13 Å². The summed E-state index contributed by atoms with van der Waals surface area (Å²) in [5, 5.41) is 7.59. The summed E-state index contributed by atoms with van der Waals surface area (Å²) in [6.45, 7) is 8.05. The zero-order valence-corrected chi connectivity index (χ0v) is 10.3. The molecule has 0 saturated carbocycles. The highest BCUT2D eigenvalue weighted by molar-refractivity contribution is 5.98. The molecule has 0 aromatic heterocycles. The number of nitrogens with one attached hydrogen (secondary N) is 1. The van der Waals surface area contributed by atoms with Gasteiger partial charge in [-0.3, -0.25) is 0 Å². The van der Waals surface area contributed by atoms with Crippen LogP contribution in [0.15, 0.2) is 30.4 Å². The highest BCUT2D eigenvalue weighted by Crippen LogP contribution is 2.18. The summed E-state index contributed by atoms with van der Waals surface area (Å²) in [5.74, 6) is 0.0706. The van der Waals surface area contributed by atoms with Gasteiger partial charge < -0.3 is 10.1 Å². The van der Waals surface area contributed by atoms with Gasteiger partial charge >= 0.3 is 0 Å². The first-order valence-corrected chi connectivity index (χ1v) is 5.75. The van der Waals surface area contributed by atoms with Gasteiger partial charge in [0.15, 0.2) is 0 Å². The Morgan fingerprint density at radius 1 is 1.35 bits per heavy atom. The van der Waals surface area contributed by atoms with Gasteiger partial charge in [0, 0.05) is 17.3 Å². The first kappa shape index (κ1) is 13.4. The van der Waals surface area contributed by atoms with Crippen molar-refractivity contribution in [3.05, 3.63) is 41.7 Å². The molecule has 3 heteroatoms. The molecule has 0 atom stereocenters. The van der Waals surface area contributed by atoms with Crippen molar-refractivity contribution in [2.24, 2.45) is 0 Å². The minimum Gasteiger partial charge on any atom is -0.489 e. The van der Waals surface area contributed by atoms with Crippen LogP contribution in [0.25, 0.3) is 0 Å². The van der Waals surface area contributed by atoms with Crippen LogP contribution >= 0.6 is 0 Å². The third-order valence-corrected chi connectivity index (χ3v) is 2.56. The molecule has 0 aliphatic rings. The molecular weight excluding hydrogens is 217 g/mol. The van der Waals surface area contributed by atoms with Gasteiger partial charge in [0.05, 0.1) is 0 Å². The van der Waals surface area contributed by atoms with Crippen molar-refractivity contribution in [1.82, 2.24) is 0 Å². The quantitative estimate of drug-likeness (QED) is 0.587. The van der Waals surface area contributed by atoms with Crippen LogP contribution in [0.2, 0.25) is 0 Å². The van der Waals surface area contributed by atoms with E-state index in [-0.39, 0.29) is 0 Å². The lowest BCUT2D eigenvalue weighted by Crippen LogP contribution is -2.03. The molecule has 92 valence electrons. The van der Waals surface area contributed by atoms with Crippen LogP contribution in [0.1, 0.15) is 32.3 Å². The Morgan fingerprint density at radius 3 is 2.59 bits per heavy atom. The molecule has 0 heterocycles. The molecule has 0 aliphatic carbocycles. The fourth-order valence-corrected chi connectivity index (χ4v) is 1.31. The molecule has 0 bridgehead atoms. The molecule has 1 aromatic rings. The van der Waals surface area contributed by atoms with Gasteiger partial charge in [-0.05, 0) is 30.5 Å². The SMILES string of the molecule is C=C(CC)COc1ccc(C(=N)CC)c(F)c1. The highest BCUT2D eigenvalue weighted by Gasteiger charge is 2.07. The molecule has 17 heavy (non-hydrogen) atoms. The first-order chi connectivity index (χ1) is 8.08. The Bertz CT molecular complexity index is 426. The average molecular weight is 235 g/mol. The molecule has 1 N–H and O–H groups in total. The average Bonchev–Trinajstić information content (AvgIpc) is 2.35. The second-order valence-corrected chi connectivity index (χ2v) is 3.87. The molecule has 0 spiro atoms. The van der Waals surface area contributed by atoms with Gasteiger partial charge in [0.2, 0.25) is 0 Å². The van der Waals surface area contributed by atoms with Crippen molar-refractivity contribution in [3.63, 3.8) is 0 Å². The summed E-state index contributed by atoms with van der Waals surface area (Å²) < 4.78 is 19.0. The van der Waals surface area contributed by atoms with Crippen LogP contribution in [0.4, 0.5) is 4.39 Å². The van der Waals surface area contributed by atoms with E-state index in [0.717, 1.165) is 12.0 Å². The largest absolute Gasteiger partial charge is 0.489 e. The maximum absolute atomic E-state index is 13.7. The van der Waals surface area contributed by atoms with Gasteiger partial charge in [0.1, 0.15) is 18.2 Å². The van der Waals surface area contributed by atoms with E-state index in [2.05, 4.69) is 6.58 Å². The lowest BCUT2D eigenvalue weighted by atomic mass is 10.1. The van der Waals surface area contributed by atoms with E-state index in [1.165, 1.54) is 6.07 Å². The number of hydrogen-bond donors (Lipinski definition) is 1. The predicted molar refractivity (Wildman–Crippen MR) is 68.4 cm³/mol. The summed E-state index contributed by atoms with van der Waals surface area (Å²) in [4.78, 5) is 0. The Labute approximate surface area is 102 Å². The molecule has 0 aliphatic heterocycles. The second kappa shape index (κ2) is 6.18. The molecule has 0 fully saturated rings. The number of ether oxygens (including phenoxy) is 1. The molecular formula is C14H18FNO. The van der Waals surface area contributed by atoms with E-state index in [0.29, 0.717) is 30.1 Å². The number of rotatable bonds is 6. The lowest BCUT2D eigenvalue weighted by Gasteiger charge is -2.09.